The average molecular weight is 343 g/mol. The number of hydrogen-bond acceptors (Lipinski definition) is 3. The largest absolute Gasteiger partial charge is 0.352 e. The number of aliphatic imine (C=N–C) groups is 1. The molecule has 3 heterocycles. The molecule has 1 aliphatic heterocycles. The van der Waals surface area contributed by atoms with Crippen molar-refractivity contribution in [2.45, 2.75) is 39.8 Å². The zero-order chi connectivity index (χ0) is 18.0. The number of likely N-dealkylation sites (tertiary alicyclic amines) is 1. The van der Waals surface area contributed by atoms with E-state index in [1.807, 2.05) is 31.3 Å². The quantitative estimate of drug-likeness (QED) is 0.683. The van der Waals surface area contributed by atoms with E-state index in [4.69, 9.17) is 0 Å². The van der Waals surface area contributed by atoms with Crippen molar-refractivity contribution in [3.05, 3.63) is 35.7 Å². The molecule has 2 atom stereocenters. The van der Waals surface area contributed by atoms with Crippen LogP contribution in [0.25, 0.3) is 0 Å². The molecule has 3 rings (SSSR count). The summed E-state index contributed by atoms with van der Waals surface area (Å²) < 4.78 is 4.16. The van der Waals surface area contributed by atoms with Gasteiger partial charge in [-0.15, -0.1) is 0 Å². The molecule has 0 aliphatic carbocycles. The average Bonchev–Trinajstić information content (AvgIpc) is 3.20. The van der Waals surface area contributed by atoms with E-state index < -0.39 is 0 Å². The molecule has 1 fully saturated rings. The van der Waals surface area contributed by atoms with Crippen LogP contribution >= 0.6 is 0 Å². The molecule has 0 amide bonds. The zero-order valence-corrected chi connectivity index (χ0v) is 15.9. The van der Waals surface area contributed by atoms with E-state index in [9.17, 15) is 0 Å². The van der Waals surface area contributed by atoms with Gasteiger partial charge in [0, 0.05) is 57.4 Å². The normalized spacial score (nSPS) is 21.6. The van der Waals surface area contributed by atoms with Crippen molar-refractivity contribution >= 4 is 5.96 Å². The molecule has 1 saturated heterocycles. The summed E-state index contributed by atoms with van der Waals surface area (Å²) in [5.74, 6) is 1.59. The summed E-state index contributed by atoms with van der Waals surface area (Å²) >= 11 is 0. The van der Waals surface area contributed by atoms with Crippen molar-refractivity contribution in [1.29, 1.82) is 0 Å². The summed E-state index contributed by atoms with van der Waals surface area (Å²) in [7, 11) is 3.85. The van der Waals surface area contributed by atoms with Gasteiger partial charge >= 0.3 is 0 Å². The molecule has 1 N–H and O–H groups in total. The Balaban J connectivity index is 1.68. The van der Waals surface area contributed by atoms with Gasteiger partial charge in [0.05, 0.1) is 18.1 Å². The summed E-state index contributed by atoms with van der Waals surface area (Å²) in [6, 6.07) is 0.427. The van der Waals surface area contributed by atoms with Crippen molar-refractivity contribution in [2.24, 2.45) is 18.0 Å². The maximum atomic E-state index is 4.51. The van der Waals surface area contributed by atoms with Gasteiger partial charge in [-0.2, -0.15) is 5.10 Å². The second-order valence-corrected chi connectivity index (χ2v) is 6.96. The predicted molar refractivity (Wildman–Crippen MR) is 99.5 cm³/mol. The number of imidazole rings is 1. The predicted octanol–water partition coefficient (Wildman–Crippen LogP) is 1.89. The zero-order valence-electron chi connectivity index (χ0n) is 15.9. The van der Waals surface area contributed by atoms with Crippen molar-refractivity contribution in [1.82, 2.24) is 29.5 Å². The monoisotopic (exact) mass is 343 g/mol. The van der Waals surface area contributed by atoms with Crippen molar-refractivity contribution in [3.8, 4) is 0 Å². The van der Waals surface area contributed by atoms with Gasteiger partial charge < -0.3 is 14.8 Å². The second kappa shape index (κ2) is 7.29. The van der Waals surface area contributed by atoms with E-state index >= 15 is 0 Å². The van der Waals surface area contributed by atoms with Gasteiger partial charge in [0.25, 0.3) is 0 Å². The highest BCUT2D eigenvalue weighted by Gasteiger charge is 2.29. The fraction of sp³-hybridized carbons (Fsp3) is 0.611. The van der Waals surface area contributed by atoms with Gasteiger partial charge in [-0.05, 0) is 26.2 Å². The third-order valence-electron chi connectivity index (χ3n) is 5.42. The molecule has 136 valence electrons. The lowest BCUT2D eigenvalue weighted by Crippen LogP contribution is -2.48. The minimum Gasteiger partial charge on any atom is -0.352 e. The lowest BCUT2D eigenvalue weighted by Gasteiger charge is -2.39. The minimum absolute atomic E-state index is 0.427. The number of aromatic nitrogens is 4. The molecule has 2 unspecified atom stereocenters. The topological polar surface area (TPSA) is 63.3 Å². The SMILES string of the molecule is CN=C(NCc1c(C)nn(C)c1C)N1CCC(C)C(n2ccnc2)C1. The number of guanidine groups is 1. The third kappa shape index (κ3) is 3.55. The van der Waals surface area contributed by atoms with Crippen LogP contribution in [-0.4, -0.2) is 50.3 Å². The van der Waals surface area contributed by atoms with E-state index in [0.717, 1.165) is 37.7 Å². The number of piperidine rings is 1. The van der Waals surface area contributed by atoms with E-state index in [1.54, 1.807) is 0 Å². The fourth-order valence-electron chi connectivity index (χ4n) is 3.67. The molecule has 0 aromatic carbocycles. The second-order valence-electron chi connectivity index (χ2n) is 6.96. The highest BCUT2D eigenvalue weighted by atomic mass is 15.3. The Kier molecular flexibility index (Phi) is 5.11. The summed E-state index contributed by atoms with van der Waals surface area (Å²) in [6.07, 6.45) is 6.98. The van der Waals surface area contributed by atoms with Gasteiger partial charge in [0.2, 0.25) is 0 Å². The number of aryl methyl sites for hydroxylation is 2. The van der Waals surface area contributed by atoms with Crippen molar-refractivity contribution in [3.63, 3.8) is 0 Å². The molecule has 2 aromatic rings. The molecule has 7 heteroatoms. The Labute approximate surface area is 149 Å². The first-order valence-corrected chi connectivity index (χ1v) is 8.93. The molecule has 0 bridgehead atoms. The number of nitrogens with zero attached hydrogens (tertiary/aromatic N) is 6. The van der Waals surface area contributed by atoms with Gasteiger partial charge in [-0.1, -0.05) is 6.92 Å². The van der Waals surface area contributed by atoms with Gasteiger partial charge in [0.15, 0.2) is 5.96 Å². The Morgan fingerprint density at radius 2 is 2.20 bits per heavy atom. The smallest absolute Gasteiger partial charge is 0.193 e. The van der Waals surface area contributed by atoms with Gasteiger partial charge in [0.1, 0.15) is 0 Å². The summed E-state index contributed by atoms with van der Waals surface area (Å²) in [5.41, 5.74) is 3.52. The van der Waals surface area contributed by atoms with Crippen molar-refractivity contribution < 1.29 is 0 Å². The first-order chi connectivity index (χ1) is 12.0. The van der Waals surface area contributed by atoms with Crippen LogP contribution in [0.15, 0.2) is 23.7 Å². The summed E-state index contributed by atoms with van der Waals surface area (Å²) in [6.45, 7) is 9.21. The molecule has 1 aliphatic rings. The lowest BCUT2D eigenvalue weighted by atomic mass is 9.93. The van der Waals surface area contributed by atoms with Crippen LogP contribution in [-0.2, 0) is 13.6 Å². The number of nitrogens with one attached hydrogen (secondary N) is 1. The van der Waals surface area contributed by atoms with Gasteiger partial charge in [-0.3, -0.25) is 9.67 Å². The maximum Gasteiger partial charge on any atom is 0.193 e. The van der Waals surface area contributed by atoms with E-state index in [0.29, 0.717) is 12.0 Å². The van der Waals surface area contributed by atoms with Crippen LogP contribution in [0, 0.1) is 19.8 Å². The van der Waals surface area contributed by atoms with E-state index in [2.05, 4.69) is 56.8 Å². The highest BCUT2D eigenvalue weighted by molar-refractivity contribution is 5.80. The Morgan fingerprint density at radius 1 is 1.40 bits per heavy atom. The molecule has 0 radical (unpaired) electrons. The molecular weight excluding hydrogens is 314 g/mol. The van der Waals surface area contributed by atoms with Crippen molar-refractivity contribution in [2.75, 3.05) is 20.1 Å². The molecule has 25 heavy (non-hydrogen) atoms. The summed E-state index contributed by atoms with van der Waals surface area (Å²) in [5, 5.41) is 8.02. The van der Waals surface area contributed by atoms with Gasteiger partial charge in [-0.25, -0.2) is 4.98 Å². The minimum atomic E-state index is 0.427. The number of rotatable bonds is 3. The molecular formula is C18H29N7. The Hall–Kier alpha value is -2.31. The molecule has 0 saturated carbocycles. The molecule has 0 spiro atoms. The van der Waals surface area contributed by atoms with Crippen LogP contribution in [0.5, 0.6) is 0 Å². The highest BCUT2D eigenvalue weighted by Crippen LogP contribution is 2.27. The first kappa shape index (κ1) is 17.5. The van der Waals surface area contributed by atoms with Crippen LogP contribution in [0.1, 0.15) is 36.3 Å². The van der Waals surface area contributed by atoms with Crippen LogP contribution < -0.4 is 5.32 Å². The standard InChI is InChI=1S/C18H29N7/c1-13-6-8-24(11-17(13)25-9-7-20-12-25)18(19-4)21-10-16-14(2)22-23(5)15(16)3/h7,9,12-13,17H,6,8,10-11H2,1-5H3,(H,19,21). The van der Waals surface area contributed by atoms with Crippen LogP contribution in [0.2, 0.25) is 0 Å². The third-order valence-corrected chi connectivity index (χ3v) is 5.42. The molecule has 7 nitrogen and oxygen atoms in total. The van der Waals surface area contributed by atoms with Crippen LogP contribution in [0.4, 0.5) is 0 Å². The Bertz CT molecular complexity index is 729. The number of hydrogen-bond donors (Lipinski definition) is 1. The lowest BCUT2D eigenvalue weighted by molar-refractivity contribution is 0.189. The maximum absolute atomic E-state index is 4.51. The van der Waals surface area contributed by atoms with E-state index in [-0.39, 0.29) is 0 Å². The van der Waals surface area contributed by atoms with E-state index in [1.165, 1.54) is 11.3 Å². The molecule has 2 aromatic heterocycles. The van der Waals surface area contributed by atoms with Crippen LogP contribution in [0.3, 0.4) is 0 Å². The summed E-state index contributed by atoms with van der Waals surface area (Å²) in [4.78, 5) is 11.1. The first-order valence-electron chi connectivity index (χ1n) is 8.93. The Morgan fingerprint density at radius 3 is 2.80 bits per heavy atom. The fourth-order valence-corrected chi connectivity index (χ4v) is 3.67.